The second-order valence-corrected chi connectivity index (χ2v) is 9.24. The van der Waals surface area contributed by atoms with Gasteiger partial charge in [-0.15, -0.1) is 0 Å². The molecule has 2 aromatic carbocycles. The standard InChI is InChI=1S/C28H34N4O4/c1-4-19(5-2)27(34)30-21-11-14-26(33)23(15-21)24-16-25(20-7-6-8-20)32(31-24)28(35)29-17-18-9-12-22(36-3)13-10-18/h9-16,19-20,33H,4-8,17H2,1-3H3,(H,29,35)(H,30,34). The van der Waals surface area contributed by atoms with Gasteiger partial charge in [-0.1, -0.05) is 32.4 Å². The van der Waals surface area contributed by atoms with Gasteiger partial charge in [0.15, 0.2) is 0 Å². The number of rotatable bonds is 9. The highest BCUT2D eigenvalue weighted by molar-refractivity contribution is 5.93. The first-order valence-corrected chi connectivity index (χ1v) is 12.6. The molecule has 0 spiro atoms. The van der Waals surface area contributed by atoms with Crippen LogP contribution >= 0.6 is 0 Å². The van der Waals surface area contributed by atoms with Gasteiger partial charge in [0.2, 0.25) is 5.91 Å². The Kier molecular flexibility index (Phi) is 7.93. The summed E-state index contributed by atoms with van der Waals surface area (Å²) in [5.41, 5.74) is 3.32. The summed E-state index contributed by atoms with van der Waals surface area (Å²) in [6.45, 7) is 4.33. The van der Waals surface area contributed by atoms with Crippen molar-refractivity contribution in [2.75, 3.05) is 12.4 Å². The molecule has 4 rings (SSSR count). The number of amides is 2. The number of anilines is 1. The molecule has 2 amide bonds. The van der Waals surface area contributed by atoms with Gasteiger partial charge >= 0.3 is 6.03 Å². The Balaban J connectivity index is 1.57. The Morgan fingerprint density at radius 1 is 1.11 bits per heavy atom. The summed E-state index contributed by atoms with van der Waals surface area (Å²) in [7, 11) is 1.61. The third-order valence-electron chi connectivity index (χ3n) is 6.95. The van der Waals surface area contributed by atoms with Crippen molar-refractivity contribution in [1.82, 2.24) is 15.1 Å². The van der Waals surface area contributed by atoms with Gasteiger partial charge < -0.3 is 20.5 Å². The van der Waals surface area contributed by atoms with Crippen molar-refractivity contribution < 1.29 is 19.4 Å². The molecule has 0 saturated heterocycles. The average Bonchev–Trinajstić information content (AvgIpc) is 3.28. The third-order valence-corrected chi connectivity index (χ3v) is 6.95. The molecule has 0 unspecified atom stereocenters. The van der Waals surface area contributed by atoms with E-state index in [9.17, 15) is 14.7 Å². The van der Waals surface area contributed by atoms with Crippen LogP contribution in [0.1, 0.15) is 63.1 Å². The van der Waals surface area contributed by atoms with Gasteiger partial charge in [-0.3, -0.25) is 4.79 Å². The number of benzene rings is 2. The number of phenols is 1. The van der Waals surface area contributed by atoms with E-state index >= 15 is 0 Å². The maximum atomic E-state index is 13.1. The van der Waals surface area contributed by atoms with Crippen LogP contribution in [0.3, 0.4) is 0 Å². The smallest absolute Gasteiger partial charge is 0.342 e. The van der Waals surface area contributed by atoms with E-state index in [0.29, 0.717) is 23.5 Å². The predicted octanol–water partition coefficient (Wildman–Crippen LogP) is 5.66. The van der Waals surface area contributed by atoms with Gasteiger partial charge in [0.1, 0.15) is 11.5 Å². The quantitative estimate of drug-likeness (QED) is 0.336. The Morgan fingerprint density at radius 3 is 2.44 bits per heavy atom. The molecule has 0 radical (unpaired) electrons. The molecule has 1 fully saturated rings. The maximum absolute atomic E-state index is 13.1. The molecule has 3 N–H and O–H groups in total. The summed E-state index contributed by atoms with van der Waals surface area (Å²) in [5, 5.41) is 21.1. The van der Waals surface area contributed by atoms with Crippen molar-refractivity contribution in [2.45, 2.75) is 58.4 Å². The van der Waals surface area contributed by atoms with Crippen LogP contribution in [0, 0.1) is 5.92 Å². The number of hydrogen-bond acceptors (Lipinski definition) is 5. The third kappa shape index (κ3) is 5.53. The first-order valence-electron chi connectivity index (χ1n) is 12.6. The van der Waals surface area contributed by atoms with Gasteiger partial charge in [-0.25, -0.2) is 4.79 Å². The van der Waals surface area contributed by atoms with E-state index in [0.717, 1.165) is 49.1 Å². The summed E-state index contributed by atoms with van der Waals surface area (Å²) in [6, 6.07) is 14.0. The number of carbonyl (C=O) groups is 2. The van der Waals surface area contributed by atoms with Gasteiger partial charge in [0, 0.05) is 29.6 Å². The van der Waals surface area contributed by atoms with Crippen molar-refractivity contribution in [3.8, 4) is 22.8 Å². The van der Waals surface area contributed by atoms with E-state index < -0.39 is 0 Å². The van der Waals surface area contributed by atoms with Crippen molar-refractivity contribution in [3.05, 3.63) is 59.8 Å². The van der Waals surface area contributed by atoms with E-state index in [1.54, 1.807) is 25.3 Å². The molecule has 0 aliphatic heterocycles. The van der Waals surface area contributed by atoms with Crippen LogP contribution in [-0.2, 0) is 11.3 Å². The largest absolute Gasteiger partial charge is 0.507 e. The lowest BCUT2D eigenvalue weighted by Crippen LogP contribution is -2.31. The molecule has 1 aliphatic carbocycles. The molecule has 1 aliphatic rings. The monoisotopic (exact) mass is 490 g/mol. The van der Waals surface area contributed by atoms with Gasteiger partial charge in [0.05, 0.1) is 18.5 Å². The molecule has 8 nitrogen and oxygen atoms in total. The van der Waals surface area contributed by atoms with Crippen molar-refractivity contribution in [2.24, 2.45) is 5.92 Å². The van der Waals surface area contributed by atoms with Gasteiger partial charge in [0.25, 0.3) is 0 Å². The number of carbonyl (C=O) groups excluding carboxylic acids is 2. The van der Waals surface area contributed by atoms with Crippen molar-refractivity contribution >= 4 is 17.6 Å². The number of ether oxygens (including phenoxy) is 1. The number of nitrogens with one attached hydrogen (secondary N) is 2. The molecule has 1 heterocycles. The summed E-state index contributed by atoms with van der Waals surface area (Å²) < 4.78 is 6.60. The summed E-state index contributed by atoms with van der Waals surface area (Å²) in [6.07, 6.45) is 4.62. The van der Waals surface area contributed by atoms with Crippen LogP contribution in [0.5, 0.6) is 11.5 Å². The first-order chi connectivity index (χ1) is 17.4. The normalized spacial score (nSPS) is 13.3. The molecule has 0 bridgehead atoms. The molecule has 1 aromatic heterocycles. The molecule has 8 heteroatoms. The summed E-state index contributed by atoms with van der Waals surface area (Å²) >= 11 is 0. The SMILES string of the molecule is CCC(CC)C(=O)Nc1ccc(O)c(-c2cc(C3CCC3)n(C(=O)NCc3ccc(OC)cc3)n2)c1. The van der Waals surface area contributed by atoms with Crippen molar-refractivity contribution in [1.29, 1.82) is 0 Å². The Bertz CT molecular complexity index is 1210. The molecule has 1 saturated carbocycles. The maximum Gasteiger partial charge on any atom is 0.342 e. The number of hydrogen-bond donors (Lipinski definition) is 3. The molecule has 0 atom stereocenters. The van der Waals surface area contributed by atoms with E-state index in [4.69, 9.17) is 4.74 Å². The second-order valence-electron chi connectivity index (χ2n) is 9.24. The molecule has 36 heavy (non-hydrogen) atoms. The average molecular weight is 491 g/mol. The first kappa shape index (κ1) is 25.3. The van der Waals surface area contributed by atoms with Crippen molar-refractivity contribution in [3.63, 3.8) is 0 Å². The minimum atomic E-state index is -0.323. The minimum absolute atomic E-state index is 0.0407. The van der Waals surface area contributed by atoms with E-state index in [-0.39, 0.29) is 29.5 Å². The number of aromatic nitrogens is 2. The summed E-state index contributed by atoms with van der Waals surface area (Å²) in [5.74, 6) is 0.931. The second kappa shape index (κ2) is 11.3. The van der Waals surface area contributed by atoms with Crippen LogP contribution in [0.2, 0.25) is 0 Å². The van der Waals surface area contributed by atoms with Crippen LogP contribution in [0.25, 0.3) is 11.3 Å². The number of phenolic OH excluding ortho intramolecular Hbond substituents is 1. The van der Waals surface area contributed by atoms with Crippen LogP contribution in [0.4, 0.5) is 10.5 Å². The predicted molar refractivity (Wildman–Crippen MR) is 139 cm³/mol. The Morgan fingerprint density at radius 2 is 1.83 bits per heavy atom. The topological polar surface area (TPSA) is 105 Å². The Labute approximate surface area is 211 Å². The minimum Gasteiger partial charge on any atom is -0.507 e. The zero-order valence-corrected chi connectivity index (χ0v) is 21.1. The fourth-order valence-corrected chi connectivity index (χ4v) is 4.40. The van der Waals surface area contributed by atoms with Crippen LogP contribution < -0.4 is 15.4 Å². The van der Waals surface area contributed by atoms with E-state index in [1.165, 1.54) is 4.68 Å². The lowest BCUT2D eigenvalue weighted by molar-refractivity contribution is -0.120. The zero-order chi connectivity index (χ0) is 25.7. The molecular formula is C28H34N4O4. The highest BCUT2D eigenvalue weighted by Gasteiger charge is 2.28. The number of methoxy groups -OCH3 is 1. The highest BCUT2D eigenvalue weighted by atomic mass is 16.5. The van der Waals surface area contributed by atoms with E-state index in [2.05, 4.69) is 15.7 Å². The number of nitrogens with zero attached hydrogens (tertiary/aromatic N) is 2. The Hall–Kier alpha value is -3.81. The van der Waals surface area contributed by atoms with Gasteiger partial charge in [-0.2, -0.15) is 9.78 Å². The van der Waals surface area contributed by atoms with Crippen LogP contribution in [0.15, 0.2) is 48.5 Å². The van der Waals surface area contributed by atoms with E-state index in [1.807, 2.05) is 44.2 Å². The highest BCUT2D eigenvalue weighted by Crippen LogP contribution is 2.39. The van der Waals surface area contributed by atoms with Gasteiger partial charge in [-0.05, 0) is 67.6 Å². The molecular weight excluding hydrogens is 456 g/mol. The zero-order valence-electron chi connectivity index (χ0n) is 21.1. The lowest BCUT2D eigenvalue weighted by Gasteiger charge is -2.25. The molecule has 3 aromatic rings. The number of aromatic hydroxyl groups is 1. The molecule has 190 valence electrons. The lowest BCUT2D eigenvalue weighted by atomic mass is 9.82. The fourth-order valence-electron chi connectivity index (χ4n) is 4.40. The fraction of sp³-hybridized carbons (Fsp3) is 0.393. The van der Waals surface area contributed by atoms with Crippen LogP contribution in [-0.4, -0.2) is 33.9 Å². The summed E-state index contributed by atoms with van der Waals surface area (Å²) in [4.78, 5) is 25.7.